The third-order valence-corrected chi connectivity index (χ3v) is 2.37. The Bertz CT molecular complexity index is 334. The van der Waals surface area contributed by atoms with Crippen molar-refractivity contribution < 1.29 is 9.53 Å². The maximum absolute atomic E-state index is 11.4. The summed E-state index contributed by atoms with van der Waals surface area (Å²) in [5.41, 5.74) is 6.56. The highest BCUT2D eigenvalue weighted by molar-refractivity contribution is 5.68. The highest BCUT2D eigenvalue weighted by Gasteiger charge is 2.28. The molecule has 80 valence electrons. The lowest BCUT2D eigenvalue weighted by molar-refractivity contribution is 0.0674. The van der Waals surface area contributed by atoms with Gasteiger partial charge in [-0.05, 0) is 5.56 Å². The van der Waals surface area contributed by atoms with Crippen LogP contribution in [0.4, 0.5) is 4.79 Å². The van der Waals surface area contributed by atoms with Crippen molar-refractivity contribution in [2.75, 3.05) is 13.1 Å². The fourth-order valence-corrected chi connectivity index (χ4v) is 1.47. The first-order chi connectivity index (χ1) is 7.25. The second kappa shape index (κ2) is 4.31. The van der Waals surface area contributed by atoms with Crippen molar-refractivity contribution in [1.82, 2.24) is 4.90 Å². The number of hydrogen-bond donors (Lipinski definition) is 1. The first-order valence-corrected chi connectivity index (χ1v) is 4.97. The number of amides is 1. The molecular weight excluding hydrogens is 192 g/mol. The molecule has 0 bridgehead atoms. The summed E-state index contributed by atoms with van der Waals surface area (Å²) in [5, 5.41) is 0. The maximum atomic E-state index is 11.4. The SMILES string of the molecule is NC1CN(C(=O)OCc2ccccc2)C1. The summed E-state index contributed by atoms with van der Waals surface area (Å²) in [6, 6.07) is 9.74. The van der Waals surface area contributed by atoms with Gasteiger partial charge in [0.2, 0.25) is 0 Å². The molecule has 15 heavy (non-hydrogen) atoms. The smallest absolute Gasteiger partial charge is 0.410 e. The molecule has 2 rings (SSSR count). The van der Waals surface area contributed by atoms with Crippen LogP contribution in [-0.2, 0) is 11.3 Å². The average Bonchev–Trinajstić information content (AvgIpc) is 2.23. The molecule has 4 nitrogen and oxygen atoms in total. The second-order valence-corrected chi connectivity index (χ2v) is 3.71. The van der Waals surface area contributed by atoms with Gasteiger partial charge in [0.05, 0.1) is 0 Å². The predicted octanol–water partition coefficient (Wildman–Crippen LogP) is 0.966. The van der Waals surface area contributed by atoms with E-state index in [4.69, 9.17) is 10.5 Å². The van der Waals surface area contributed by atoms with Crippen LogP contribution in [0.3, 0.4) is 0 Å². The van der Waals surface area contributed by atoms with Crippen LogP contribution >= 0.6 is 0 Å². The van der Waals surface area contributed by atoms with Gasteiger partial charge in [-0.2, -0.15) is 0 Å². The van der Waals surface area contributed by atoms with Crippen molar-refractivity contribution in [3.8, 4) is 0 Å². The number of benzene rings is 1. The van der Waals surface area contributed by atoms with Gasteiger partial charge in [0.1, 0.15) is 6.61 Å². The van der Waals surface area contributed by atoms with Gasteiger partial charge in [0.25, 0.3) is 0 Å². The predicted molar refractivity (Wildman–Crippen MR) is 56.2 cm³/mol. The Morgan fingerprint density at radius 3 is 2.67 bits per heavy atom. The summed E-state index contributed by atoms with van der Waals surface area (Å²) in [6.07, 6.45) is -0.277. The van der Waals surface area contributed by atoms with Crippen molar-refractivity contribution in [2.24, 2.45) is 5.73 Å². The lowest BCUT2D eigenvalue weighted by Gasteiger charge is -2.35. The summed E-state index contributed by atoms with van der Waals surface area (Å²) < 4.78 is 5.11. The van der Waals surface area contributed by atoms with Gasteiger partial charge in [-0.15, -0.1) is 0 Å². The van der Waals surface area contributed by atoms with Crippen molar-refractivity contribution in [3.63, 3.8) is 0 Å². The van der Waals surface area contributed by atoms with Crippen LogP contribution in [0.15, 0.2) is 30.3 Å². The molecule has 0 atom stereocenters. The van der Waals surface area contributed by atoms with E-state index in [9.17, 15) is 4.79 Å². The molecule has 0 unspecified atom stereocenters. The zero-order chi connectivity index (χ0) is 10.7. The van der Waals surface area contributed by atoms with Crippen LogP contribution in [0.2, 0.25) is 0 Å². The molecule has 1 aliphatic rings. The standard InChI is InChI=1S/C11H14N2O2/c12-10-6-13(7-10)11(14)15-8-9-4-2-1-3-5-9/h1-5,10H,6-8,12H2. The minimum atomic E-state index is -0.277. The molecule has 0 spiro atoms. The number of hydrogen-bond acceptors (Lipinski definition) is 3. The lowest BCUT2D eigenvalue weighted by Crippen LogP contribution is -2.57. The van der Waals surface area contributed by atoms with Crippen molar-refractivity contribution in [3.05, 3.63) is 35.9 Å². The molecule has 1 amide bonds. The number of carbonyl (C=O) groups excluding carboxylic acids is 1. The van der Waals surface area contributed by atoms with Crippen LogP contribution in [0.5, 0.6) is 0 Å². The number of rotatable bonds is 2. The van der Waals surface area contributed by atoms with E-state index in [2.05, 4.69) is 0 Å². The number of ether oxygens (including phenoxy) is 1. The van der Waals surface area contributed by atoms with E-state index in [1.165, 1.54) is 0 Å². The number of nitrogens with two attached hydrogens (primary N) is 1. The number of carbonyl (C=O) groups is 1. The van der Waals surface area contributed by atoms with Crippen LogP contribution in [-0.4, -0.2) is 30.1 Å². The average molecular weight is 206 g/mol. The maximum Gasteiger partial charge on any atom is 0.410 e. The summed E-state index contributed by atoms with van der Waals surface area (Å²) >= 11 is 0. The molecule has 4 heteroatoms. The summed E-state index contributed by atoms with van der Waals surface area (Å²) in [6.45, 7) is 1.53. The second-order valence-electron chi connectivity index (χ2n) is 3.71. The van der Waals surface area contributed by atoms with Gasteiger partial charge < -0.3 is 15.4 Å². The van der Waals surface area contributed by atoms with E-state index in [-0.39, 0.29) is 12.1 Å². The summed E-state index contributed by atoms with van der Waals surface area (Å²) in [7, 11) is 0. The molecule has 1 aromatic rings. The fourth-order valence-electron chi connectivity index (χ4n) is 1.47. The Kier molecular flexibility index (Phi) is 2.87. The van der Waals surface area contributed by atoms with Gasteiger partial charge in [0.15, 0.2) is 0 Å². The molecule has 1 aromatic carbocycles. The van der Waals surface area contributed by atoms with Crippen molar-refractivity contribution in [2.45, 2.75) is 12.6 Å². The van der Waals surface area contributed by atoms with Crippen LogP contribution < -0.4 is 5.73 Å². The van der Waals surface area contributed by atoms with E-state index in [1.807, 2.05) is 30.3 Å². The molecular formula is C11H14N2O2. The molecule has 0 aromatic heterocycles. The molecule has 0 radical (unpaired) electrons. The van der Waals surface area contributed by atoms with Gasteiger partial charge in [0, 0.05) is 19.1 Å². The van der Waals surface area contributed by atoms with E-state index in [0.29, 0.717) is 19.7 Å². The first-order valence-electron chi connectivity index (χ1n) is 4.97. The Balaban J connectivity index is 1.76. The summed E-state index contributed by atoms with van der Waals surface area (Å²) in [4.78, 5) is 13.0. The van der Waals surface area contributed by atoms with Crippen LogP contribution in [0.1, 0.15) is 5.56 Å². The fraction of sp³-hybridized carbons (Fsp3) is 0.364. The minimum absolute atomic E-state index is 0.120. The zero-order valence-corrected chi connectivity index (χ0v) is 8.43. The highest BCUT2D eigenvalue weighted by atomic mass is 16.6. The molecule has 1 saturated heterocycles. The zero-order valence-electron chi connectivity index (χ0n) is 8.43. The van der Waals surface area contributed by atoms with Crippen LogP contribution in [0.25, 0.3) is 0 Å². The topological polar surface area (TPSA) is 55.6 Å². The van der Waals surface area contributed by atoms with Gasteiger partial charge >= 0.3 is 6.09 Å². The van der Waals surface area contributed by atoms with Gasteiger partial charge in [-0.25, -0.2) is 4.79 Å². The third kappa shape index (κ3) is 2.47. The lowest BCUT2D eigenvalue weighted by atomic mass is 10.1. The Hall–Kier alpha value is -1.55. The van der Waals surface area contributed by atoms with Gasteiger partial charge in [-0.1, -0.05) is 30.3 Å². The number of likely N-dealkylation sites (tertiary alicyclic amines) is 1. The molecule has 0 saturated carbocycles. The Morgan fingerprint density at radius 2 is 2.07 bits per heavy atom. The van der Waals surface area contributed by atoms with E-state index in [1.54, 1.807) is 4.90 Å². The van der Waals surface area contributed by atoms with E-state index in [0.717, 1.165) is 5.56 Å². The molecule has 2 N–H and O–H groups in total. The van der Waals surface area contributed by atoms with E-state index >= 15 is 0 Å². The number of nitrogens with zero attached hydrogens (tertiary/aromatic N) is 1. The van der Waals surface area contributed by atoms with Crippen LogP contribution in [0, 0.1) is 0 Å². The largest absolute Gasteiger partial charge is 0.445 e. The molecule has 1 aliphatic heterocycles. The van der Waals surface area contributed by atoms with Gasteiger partial charge in [-0.3, -0.25) is 0 Å². The highest BCUT2D eigenvalue weighted by Crippen LogP contribution is 2.09. The third-order valence-electron chi connectivity index (χ3n) is 2.37. The first kappa shape index (κ1) is 9.98. The monoisotopic (exact) mass is 206 g/mol. The quantitative estimate of drug-likeness (QED) is 0.784. The Labute approximate surface area is 88.6 Å². The minimum Gasteiger partial charge on any atom is -0.445 e. The van der Waals surface area contributed by atoms with Crippen molar-refractivity contribution in [1.29, 1.82) is 0 Å². The molecule has 0 aliphatic carbocycles. The Morgan fingerprint density at radius 1 is 1.40 bits per heavy atom. The van der Waals surface area contributed by atoms with E-state index < -0.39 is 0 Å². The summed E-state index contributed by atoms with van der Waals surface area (Å²) in [5.74, 6) is 0. The van der Waals surface area contributed by atoms with Crippen molar-refractivity contribution >= 4 is 6.09 Å². The normalized spacial score (nSPS) is 15.9. The molecule has 1 heterocycles. The molecule has 1 fully saturated rings.